The summed E-state index contributed by atoms with van der Waals surface area (Å²) in [6.45, 7) is 13.9. The molecule has 4 aromatic rings. The lowest BCUT2D eigenvalue weighted by Gasteiger charge is -2.38. The molecule has 2 aromatic heterocycles. The zero-order chi connectivity index (χ0) is 38.7. The van der Waals surface area contributed by atoms with Gasteiger partial charge in [-0.05, 0) is 73.6 Å². The van der Waals surface area contributed by atoms with E-state index in [1.165, 1.54) is 10.6 Å². The number of hydrazine groups is 1. The number of rotatable bonds is 6. The minimum Gasteiger partial charge on any atom is -0.464 e. The number of morpholine rings is 1. The van der Waals surface area contributed by atoms with E-state index in [0.29, 0.717) is 45.5 Å². The van der Waals surface area contributed by atoms with E-state index in [9.17, 15) is 14.4 Å². The molecular weight excluding hydrogens is 697 g/mol. The summed E-state index contributed by atoms with van der Waals surface area (Å²) in [4.78, 5) is 48.2. The van der Waals surface area contributed by atoms with Gasteiger partial charge in [-0.2, -0.15) is 0 Å². The van der Waals surface area contributed by atoms with Gasteiger partial charge in [0, 0.05) is 66.4 Å². The van der Waals surface area contributed by atoms with Crippen LogP contribution in [-0.2, 0) is 43.4 Å². The number of nitrogens with one attached hydrogen (secondary N) is 2. The highest BCUT2D eigenvalue weighted by Crippen LogP contribution is 2.41. The Morgan fingerprint density at radius 3 is 2.69 bits per heavy atom. The Hall–Kier alpha value is -4.94. The number of aryl methyl sites for hydroxylation is 1. The van der Waals surface area contributed by atoms with E-state index in [1.807, 2.05) is 42.6 Å². The molecule has 2 fully saturated rings. The van der Waals surface area contributed by atoms with E-state index in [4.69, 9.17) is 19.2 Å². The third-order valence-corrected chi connectivity index (χ3v) is 10.9. The van der Waals surface area contributed by atoms with Gasteiger partial charge in [0.05, 0.1) is 30.7 Å². The van der Waals surface area contributed by atoms with Crippen LogP contribution in [0.4, 0.5) is 10.5 Å². The molecule has 3 atom stereocenters. The van der Waals surface area contributed by atoms with Gasteiger partial charge in [-0.1, -0.05) is 58.0 Å². The number of esters is 1. The number of hydrogen-bond donors (Lipinski definition) is 2. The van der Waals surface area contributed by atoms with E-state index >= 15 is 0 Å². The number of nitrogens with zero attached hydrogens (tertiary/aromatic N) is 4. The minimum atomic E-state index is -0.960. The summed E-state index contributed by atoms with van der Waals surface area (Å²) in [6, 6.07) is 18.6. The first-order valence-electron chi connectivity index (χ1n) is 19.7. The van der Waals surface area contributed by atoms with Crippen LogP contribution in [0.3, 0.4) is 0 Å². The molecular formula is C43H54N6O6. The number of anilines is 1. The first-order valence-corrected chi connectivity index (χ1v) is 19.7. The minimum absolute atomic E-state index is 0.0685. The molecule has 7 rings (SSSR count). The summed E-state index contributed by atoms with van der Waals surface area (Å²) in [7, 11) is 0. The summed E-state index contributed by atoms with van der Waals surface area (Å²) < 4.78 is 20.3. The van der Waals surface area contributed by atoms with Crippen LogP contribution in [0, 0.1) is 5.41 Å². The number of pyridine rings is 1. The molecule has 2 amide bonds. The molecule has 3 aliphatic heterocycles. The summed E-state index contributed by atoms with van der Waals surface area (Å²) in [5.41, 5.74) is 10.3. The second-order valence-corrected chi connectivity index (χ2v) is 16.1. The van der Waals surface area contributed by atoms with Crippen molar-refractivity contribution in [3.63, 3.8) is 0 Å². The maximum atomic E-state index is 14.2. The van der Waals surface area contributed by atoms with Crippen molar-refractivity contribution in [2.24, 2.45) is 5.41 Å². The molecule has 0 spiro atoms. The number of alkyl carbamates (subject to hydrolysis) is 1. The molecule has 0 unspecified atom stereocenters. The molecule has 292 valence electrons. The second kappa shape index (κ2) is 16.4. The quantitative estimate of drug-likeness (QED) is 0.217. The van der Waals surface area contributed by atoms with E-state index in [0.717, 1.165) is 45.6 Å². The van der Waals surface area contributed by atoms with Crippen molar-refractivity contribution in [3.05, 3.63) is 83.7 Å². The maximum Gasteiger partial charge on any atom is 0.408 e. The monoisotopic (exact) mass is 750 g/mol. The highest BCUT2D eigenvalue weighted by Gasteiger charge is 2.37. The van der Waals surface area contributed by atoms with Gasteiger partial charge in [0.2, 0.25) is 0 Å². The Labute approximate surface area is 323 Å². The predicted molar refractivity (Wildman–Crippen MR) is 211 cm³/mol. The predicted octanol–water partition coefficient (Wildman–Crippen LogP) is 6.36. The third kappa shape index (κ3) is 8.50. The normalized spacial score (nSPS) is 22.0. The first-order chi connectivity index (χ1) is 26.5. The fourth-order valence-electron chi connectivity index (χ4n) is 8.19. The number of hydrogen-bond acceptors (Lipinski definition) is 9. The lowest BCUT2D eigenvalue weighted by molar-refractivity contribution is -0.155. The van der Waals surface area contributed by atoms with Crippen LogP contribution in [-0.4, -0.2) is 83.6 Å². The van der Waals surface area contributed by atoms with Gasteiger partial charge in [0.1, 0.15) is 18.7 Å². The molecule has 0 radical (unpaired) electrons. The average Bonchev–Trinajstić information content (AvgIpc) is 3.50. The summed E-state index contributed by atoms with van der Waals surface area (Å²) >= 11 is 0. The van der Waals surface area contributed by atoms with Crippen molar-refractivity contribution in [1.29, 1.82) is 0 Å². The van der Waals surface area contributed by atoms with Crippen LogP contribution in [0.5, 0.6) is 0 Å². The molecule has 5 heterocycles. The van der Waals surface area contributed by atoms with Gasteiger partial charge in [0.15, 0.2) is 0 Å². The largest absolute Gasteiger partial charge is 0.464 e. The number of amides is 2. The van der Waals surface area contributed by atoms with Gasteiger partial charge in [0.25, 0.3) is 5.91 Å². The number of aromatic nitrogens is 2. The summed E-state index contributed by atoms with van der Waals surface area (Å²) in [5.74, 6) is -0.538. The molecule has 0 aliphatic carbocycles. The average molecular weight is 751 g/mol. The number of carbonyl (C=O) groups is 3. The van der Waals surface area contributed by atoms with E-state index in [1.54, 1.807) is 0 Å². The third-order valence-electron chi connectivity index (χ3n) is 10.9. The number of fused-ring (bicyclic) bond motifs is 6. The van der Waals surface area contributed by atoms with Crippen LogP contribution in [0.1, 0.15) is 76.6 Å². The highest BCUT2D eigenvalue weighted by atomic mass is 16.5. The van der Waals surface area contributed by atoms with Gasteiger partial charge >= 0.3 is 12.1 Å². The molecule has 12 nitrogen and oxygen atoms in total. The lowest BCUT2D eigenvalue weighted by Crippen LogP contribution is -2.61. The second-order valence-electron chi connectivity index (χ2n) is 16.1. The highest BCUT2D eigenvalue weighted by molar-refractivity contribution is 5.95. The molecule has 55 heavy (non-hydrogen) atoms. The molecule has 6 bridgehead atoms. The zero-order valence-electron chi connectivity index (χ0n) is 32.7. The van der Waals surface area contributed by atoms with E-state index in [-0.39, 0.29) is 37.6 Å². The molecule has 2 aromatic carbocycles. The summed E-state index contributed by atoms with van der Waals surface area (Å²) in [5, 5.41) is 5.44. The zero-order valence-corrected chi connectivity index (χ0v) is 32.7. The van der Waals surface area contributed by atoms with Crippen molar-refractivity contribution < 1.29 is 28.6 Å². The van der Waals surface area contributed by atoms with Crippen LogP contribution in [0.2, 0.25) is 0 Å². The Balaban J connectivity index is 1.27. The molecule has 0 saturated carbocycles. The smallest absolute Gasteiger partial charge is 0.408 e. The van der Waals surface area contributed by atoms with Gasteiger partial charge in [-0.25, -0.2) is 10.2 Å². The van der Waals surface area contributed by atoms with Crippen molar-refractivity contribution in [3.8, 4) is 11.3 Å². The lowest BCUT2D eigenvalue weighted by atomic mass is 9.84. The Bertz CT molecular complexity index is 2010. The Kier molecular flexibility index (Phi) is 11.4. The first kappa shape index (κ1) is 38.3. The SMILES string of the molecule is CCn1c(-c2cccnc2C(C)C)c2c3cc(ccc31)N1CCO[C@@H](C[C@H](NC(=O)OCc3ccccc3)C(=O)N3CCC[C@H](N3)C(=O)OCC(C)(C)C2)C1. The van der Waals surface area contributed by atoms with Crippen molar-refractivity contribution in [2.75, 3.05) is 37.7 Å². The molecule has 12 heteroatoms. The molecule has 2 saturated heterocycles. The summed E-state index contributed by atoms with van der Waals surface area (Å²) in [6.07, 6.45) is 2.81. The molecule has 2 N–H and O–H groups in total. The number of cyclic esters (lactones) is 1. The van der Waals surface area contributed by atoms with Crippen molar-refractivity contribution >= 4 is 34.6 Å². The van der Waals surface area contributed by atoms with E-state index in [2.05, 4.69) is 79.1 Å². The maximum absolute atomic E-state index is 14.2. The van der Waals surface area contributed by atoms with Crippen LogP contribution in [0.15, 0.2) is 66.9 Å². The van der Waals surface area contributed by atoms with Crippen LogP contribution >= 0.6 is 0 Å². The fraction of sp³-hybridized carbons (Fsp3) is 0.488. The van der Waals surface area contributed by atoms with Gasteiger partial charge in [-0.15, -0.1) is 0 Å². The standard InChI is InChI=1S/C43H54N6O6/c1-6-48-37-17-16-30-22-33(37)34(39(48)32-14-10-18-44-38(32)28(2)3)24-43(4,5)27-55-41(51)35-15-11-19-49(46-35)40(50)36(23-31-25-47(30)20-21-53-31)45-42(52)54-26-29-12-8-7-9-13-29/h7-10,12-14,16-18,22,28,31,35-36,46H,6,11,15,19-21,23-27H2,1-5H3,(H,45,52)/t31-,35-,36-/m0/s1. The Morgan fingerprint density at radius 2 is 1.91 bits per heavy atom. The van der Waals surface area contributed by atoms with Gasteiger partial charge < -0.3 is 29.0 Å². The van der Waals surface area contributed by atoms with Crippen LogP contribution < -0.4 is 15.6 Å². The topological polar surface area (TPSA) is 127 Å². The number of benzene rings is 2. The van der Waals surface area contributed by atoms with Crippen molar-refractivity contribution in [2.45, 2.75) is 97.6 Å². The van der Waals surface area contributed by atoms with E-state index < -0.39 is 29.6 Å². The number of ether oxygens (including phenoxy) is 3. The molecule has 3 aliphatic rings. The van der Waals surface area contributed by atoms with Crippen molar-refractivity contribution in [1.82, 2.24) is 25.3 Å². The Morgan fingerprint density at radius 1 is 1.09 bits per heavy atom. The number of carbonyl (C=O) groups excluding carboxylic acids is 3. The van der Waals surface area contributed by atoms with Crippen LogP contribution in [0.25, 0.3) is 22.2 Å². The fourth-order valence-corrected chi connectivity index (χ4v) is 8.19. The van der Waals surface area contributed by atoms with Gasteiger partial charge in [-0.3, -0.25) is 19.6 Å².